The highest BCUT2D eigenvalue weighted by atomic mass is 79.9. The van der Waals surface area contributed by atoms with Gasteiger partial charge in [-0.3, -0.25) is 0 Å². The maximum atomic E-state index is 11.9. The fourth-order valence-electron chi connectivity index (χ4n) is 2.14. The zero-order valence-corrected chi connectivity index (χ0v) is 13.0. The summed E-state index contributed by atoms with van der Waals surface area (Å²) in [5, 5.41) is 14.0. The van der Waals surface area contributed by atoms with Crippen molar-refractivity contribution in [3.63, 3.8) is 0 Å². The molecule has 2 heterocycles. The van der Waals surface area contributed by atoms with E-state index in [0.29, 0.717) is 22.3 Å². The van der Waals surface area contributed by atoms with E-state index >= 15 is 0 Å². The molecule has 0 amide bonds. The van der Waals surface area contributed by atoms with Gasteiger partial charge in [-0.15, -0.1) is 0 Å². The van der Waals surface area contributed by atoms with Crippen LogP contribution in [0.3, 0.4) is 0 Å². The molecular weight excluding hydrogens is 348 g/mol. The van der Waals surface area contributed by atoms with Crippen molar-refractivity contribution in [2.24, 2.45) is 0 Å². The summed E-state index contributed by atoms with van der Waals surface area (Å²) in [6.07, 6.45) is 1.62. The molecule has 3 aromatic rings. The summed E-state index contributed by atoms with van der Waals surface area (Å²) in [6.45, 7) is 0. The van der Waals surface area contributed by atoms with Gasteiger partial charge < -0.3 is 4.74 Å². The Hall–Kier alpha value is -2.72. The van der Waals surface area contributed by atoms with Crippen LogP contribution in [0.5, 0.6) is 0 Å². The quantitative estimate of drug-likeness (QED) is 0.659. The molecule has 0 aliphatic rings. The van der Waals surface area contributed by atoms with Gasteiger partial charge in [0.05, 0.1) is 29.8 Å². The molecule has 7 heteroatoms. The number of hydrogen-bond acceptors (Lipinski definition) is 5. The van der Waals surface area contributed by atoms with E-state index in [1.54, 1.807) is 36.5 Å². The second kappa shape index (κ2) is 5.58. The van der Waals surface area contributed by atoms with E-state index < -0.39 is 5.97 Å². The molecular formula is C15H9BrN4O2. The van der Waals surface area contributed by atoms with Gasteiger partial charge in [-0.1, -0.05) is 15.9 Å². The van der Waals surface area contributed by atoms with E-state index in [0.717, 1.165) is 4.47 Å². The Morgan fingerprint density at radius 1 is 1.41 bits per heavy atom. The Morgan fingerprint density at radius 2 is 2.23 bits per heavy atom. The Kier molecular flexibility index (Phi) is 3.61. The number of nitrogens with zero attached hydrogens (tertiary/aromatic N) is 4. The number of carbonyl (C=O) groups excluding carboxylic acids is 1. The largest absolute Gasteiger partial charge is 0.464 e. The van der Waals surface area contributed by atoms with E-state index in [1.807, 2.05) is 0 Å². The lowest BCUT2D eigenvalue weighted by atomic mass is 10.2. The Bertz CT molecular complexity index is 927. The molecule has 6 nitrogen and oxygen atoms in total. The number of methoxy groups -OCH3 is 1. The summed E-state index contributed by atoms with van der Waals surface area (Å²) in [4.78, 5) is 16.1. The van der Waals surface area contributed by atoms with Gasteiger partial charge in [-0.05, 0) is 30.3 Å². The molecule has 0 unspecified atom stereocenters. The van der Waals surface area contributed by atoms with Crippen LogP contribution in [0.25, 0.3) is 16.7 Å². The number of ether oxygens (including phenoxy) is 1. The van der Waals surface area contributed by atoms with Crippen LogP contribution in [0.1, 0.15) is 16.1 Å². The van der Waals surface area contributed by atoms with E-state index in [2.05, 4.69) is 32.1 Å². The maximum absolute atomic E-state index is 11.9. The van der Waals surface area contributed by atoms with Crippen molar-refractivity contribution in [3.05, 3.63) is 52.3 Å². The standard InChI is InChI=1S/C15H9BrN4O2/c1-22-15(21)13-12-3-2-4-18-14(12)20(19-13)11-6-9(8-17)5-10(16)7-11/h2-7H,1H3. The van der Waals surface area contributed by atoms with Crippen molar-refractivity contribution < 1.29 is 9.53 Å². The van der Waals surface area contributed by atoms with Crippen molar-refractivity contribution in [2.45, 2.75) is 0 Å². The predicted molar refractivity (Wildman–Crippen MR) is 82.6 cm³/mol. The number of benzene rings is 1. The second-order valence-corrected chi connectivity index (χ2v) is 5.35. The lowest BCUT2D eigenvalue weighted by molar-refractivity contribution is 0.0595. The van der Waals surface area contributed by atoms with Crippen LogP contribution in [0.2, 0.25) is 0 Å². The number of aromatic nitrogens is 3. The molecule has 0 saturated carbocycles. The molecule has 0 spiro atoms. The van der Waals surface area contributed by atoms with E-state index in [-0.39, 0.29) is 5.69 Å². The Balaban J connectivity index is 2.30. The predicted octanol–water partition coefficient (Wildman–Crippen LogP) is 2.84. The number of rotatable bonds is 2. The molecule has 0 aliphatic carbocycles. The van der Waals surface area contributed by atoms with Gasteiger partial charge in [0.2, 0.25) is 0 Å². The van der Waals surface area contributed by atoms with Gasteiger partial charge >= 0.3 is 5.97 Å². The van der Waals surface area contributed by atoms with Crippen LogP contribution in [0.4, 0.5) is 0 Å². The molecule has 0 N–H and O–H groups in total. The Labute approximate surface area is 134 Å². The topological polar surface area (TPSA) is 80.8 Å². The Morgan fingerprint density at radius 3 is 2.95 bits per heavy atom. The molecule has 22 heavy (non-hydrogen) atoms. The van der Waals surface area contributed by atoms with E-state index in [4.69, 9.17) is 10.00 Å². The first-order chi connectivity index (χ1) is 10.6. The maximum Gasteiger partial charge on any atom is 0.359 e. The first-order valence-corrected chi connectivity index (χ1v) is 7.06. The number of carbonyl (C=O) groups is 1. The first-order valence-electron chi connectivity index (χ1n) is 6.27. The molecule has 2 aromatic heterocycles. The van der Waals surface area contributed by atoms with Crippen molar-refractivity contribution in [3.8, 4) is 11.8 Å². The SMILES string of the molecule is COC(=O)c1nn(-c2cc(Br)cc(C#N)c2)c2ncccc12. The molecule has 0 aliphatic heterocycles. The van der Waals surface area contributed by atoms with Crippen molar-refractivity contribution in [2.75, 3.05) is 7.11 Å². The molecule has 0 fully saturated rings. The van der Waals surface area contributed by atoms with Crippen molar-refractivity contribution >= 4 is 32.9 Å². The van der Waals surface area contributed by atoms with Crippen molar-refractivity contribution in [1.29, 1.82) is 5.26 Å². The van der Waals surface area contributed by atoms with Gasteiger partial charge in [0.1, 0.15) is 0 Å². The summed E-state index contributed by atoms with van der Waals surface area (Å²) in [7, 11) is 1.30. The highest BCUT2D eigenvalue weighted by molar-refractivity contribution is 9.10. The lowest BCUT2D eigenvalue weighted by Gasteiger charge is -2.04. The monoisotopic (exact) mass is 356 g/mol. The third kappa shape index (κ3) is 2.34. The van der Waals surface area contributed by atoms with Crippen LogP contribution in [0.15, 0.2) is 41.0 Å². The van der Waals surface area contributed by atoms with Crippen molar-refractivity contribution in [1.82, 2.24) is 14.8 Å². The number of hydrogen-bond donors (Lipinski definition) is 0. The number of esters is 1. The molecule has 0 saturated heterocycles. The normalized spacial score (nSPS) is 10.4. The van der Waals surface area contributed by atoms with E-state index in [9.17, 15) is 4.79 Å². The molecule has 3 rings (SSSR count). The second-order valence-electron chi connectivity index (χ2n) is 4.44. The highest BCUT2D eigenvalue weighted by Crippen LogP contribution is 2.24. The van der Waals surface area contributed by atoms with Gasteiger partial charge in [-0.25, -0.2) is 14.5 Å². The van der Waals surface area contributed by atoms with Crippen LogP contribution >= 0.6 is 15.9 Å². The third-order valence-electron chi connectivity index (χ3n) is 3.08. The first kappa shape index (κ1) is 14.2. The van der Waals surface area contributed by atoms with Crippen LogP contribution < -0.4 is 0 Å². The molecule has 0 bridgehead atoms. The fourth-order valence-corrected chi connectivity index (χ4v) is 2.62. The fraction of sp³-hybridized carbons (Fsp3) is 0.0667. The summed E-state index contributed by atoms with van der Waals surface area (Å²) < 4.78 is 7.02. The average Bonchev–Trinajstić information content (AvgIpc) is 2.93. The van der Waals surface area contributed by atoms with Gasteiger partial charge in [0.15, 0.2) is 11.3 Å². The summed E-state index contributed by atoms with van der Waals surface area (Å²) in [5.74, 6) is -0.535. The van der Waals surface area contributed by atoms with Crippen LogP contribution in [0, 0.1) is 11.3 Å². The highest BCUT2D eigenvalue weighted by Gasteiger charge is 2.19. The number of halogens is 1. The van der Waals surface area contributed by atoms with Gasteiger partial charge in [-0.2, -0.15) is 10.4 Å². The summed E-state index contributed by atoms with van der Waals surface area (Å²) in [5.41, 5.74) is 1.81. The third-order valence-corrected chi connectivity index (χ3v) is 3.54. The molecule has 108 valence electrons. The molecule has 1 aromatic carbocycles. The number of fused-ring (bicyclic) bond motifs is 1. The minimum atomic E-state index is -0.535. The van der Waals surface area contributed by atoms with Crippen LogP contribution in [-0.4, -0.2) is 27.8 Å². The van der Waals surface area contributed by atoms with Crippen LogP contribution in [-0.2, 0) is 4.74 Å². The minimum Gasteiger partial charge on any atom is -0.464 e. The number of pyridine rings is 1. The van der Waals surface area contributed by atoms with Gasteiger partial charge in [0, 0.05) is 10.7 Å². The summed E-state index contributed by atoms with van der Waals surface area (Å²) >= 11 is 3.36. The average molecular weight is 357 g/mol. The number of nitriles is 1. The molecule has 0 atom stereocenters. The lowest BCUT2D eigenvalue weighted by Crippen LogP contribution is -2.04. The zero-order chi connectivity index (χ0) is 15.7. The smallest absolute Gasteiger partial charge is 0.359 e. The van der Waals surface area contributed by atoms with E-state index in [1.165, 1.54) is 11.8 Å². The zero-order valence-electron chi connectivity index (χ0n) is 11.4. The minimum absolute atomic E-state index is 0.184. The van der Waals surface area contributed by atoms with Gasteiger partial charge in [0.25, 0.3) is 0 Å². The summed E-state index contributed by atoms with van der Waals surface area (Å²) in [6, 6.07) is 10.7. The molecule has 0 radical (unpaired) electrons.